The van der Waals surface area contributed by atoms with Gasteiger partial charge in [0, 0.05) is 26.2 Å². The Morgan fingerprint density at radius 2 is 1.88 bits per heavy atom. The van der Waals surface area contributed by atoms with Crippen LogP contribution in [0.15, 0.2) is 24.3 Å². The number of carbonyl (C=O) groups excluding carboxylic acids is 1. The number of nitrogens with one attached hydrogen (secondary N) is 1. The van der Waals surface area contributed by atoms with Gasteiger partial charge in [-0.05, 0) is 36.9 Å². The van der Waals surface area contributed by atoms with Crippen molar-refractivity contribution in [2.24, 2.45) is 5.41 Å². The molecule has 0 spiro atoms. The van der Waals surface area contributed by atoms with Gasteiger partial charge >= 0.3 is 0 Å². The molecular weight excluding hydrogens is 329 g/mol. The minimum Gasteiger partial charge on any atom is -0.366 e. The van der Waals surface area contributed by atoms with Crippen molar-refractivity contribution in [2.75, 3.05) is 37.6 Å². The van der Waals surface area contributed by atoms with Crippen molar-refractivity contribution in [2.45, 2.75) is 32.7 Å². The molecule has 4 nitrogen and oxygen atoms in total. The number of anilines is 1. The van der Waals surface area contributed by atoms with Gasteiger partial charge in [0.1, 0.15) is 5.82 Å². The van der Waals surface area contributed by atoms with Crippen molar-refractivity contribution >= 4 is 24.0 Å². The number of amides is 1. The standard InChI is InChI=1S/C18H26FN3O.ClH/c1-18(2)8-5-9-20-16(18)17(23)22-12-10-21(11-13-22)15-7-4-3-6-14(15)19;/h3-4,6-7,16,20H,5,8-13H2,1-2H3;1H. The zero-order valence-electron chi connectivity index (χ0n) is 14.4. The Labute approximate surface area is 149 Å². The summed E-state index contributed by atoms with van der Waals surface area (Å²) in [4.78, 5) is 16.8. The monoisotopic (exact) mass is 355 g/mol. The molecule has 1 aromatic carbocycles. The van der Waals surface area contributed by atoms with Crippen LogP contribution in [0.5, 0.6) is 0 Å². The number of halogens is 2. The number of nitrogens with zero attached hydrogens (tertiary/aromatic N) is 2. The number of piperidine rings is 1. The van der Waals surface area contributed by atoms with Gasteiger partial charge in [-0.3, -0.25) is 4.79 Å². The van der Waals surface area contributed by atoms with Crippen molar-refractivity contribution in [3.63, 3.8) is 0 Å². The molecule has 2 aliphatic rings. The van der Waals surface area contributed by atoms with Crippen LogP contribution < -0.4 is 10.2 Å². The van der Waals surface area contributed by atoms with E-state index in [-0.39, 0.29) is 35.6 Å². The lowest BCUT2D eigenvalue weighted by Crippen LogP contribution is -2.59. The second kappa shape index (κ2) is 7.70. The lowest BCUT2D eigenvalue weighted by atomic mass is 9.77. The molecule has 0 bridgehead atoms. The number of para-hydroxylation sites is 1. The van der Waals surface area contributed by atoms with Crippen LogP contribution in [-0.4, -0.2) is 49.6 Å². The van der Waals surface area contributed by atoms with Crippen LogP contribution in [-0.2, 0) is 4.79 Å². The first-order valence-corrected chi connectivity index (χ1v) is 8.51. The fourth-order valence-corrected chi connectivity index (χ4v) is 3.69. The van der Waals surface area contributed by atoms with Gasteiger partial charge in [-0.1, -0.05) is 26.0 Å². The van der Waals surface area contributed by atoms with Gasteiger partial charge in [0.15, 0.2) is 0 Å². The normalized spacial score (nSPS) is 23.5. The maximum atomic E-state index is 13.9. The molecule has 134 valence electrons. The first-order chi connectivity index (χ1) is 11.0. The summed E-state index contributed by atoms with van der Waals surface area (Å²) < 4.78 is 13.9. The van der Waals surface area contributed by atoms with Crippen LogP contribution in [0.3, 0.4) is 0 Å². The van der Waals surface area contributed by atoms with Crippen LogP contribution in [0.25, 0.3) is 0 Å². The predicted molar refractivity (Wildman–Crippen MR) is 97.2 cm³/mol. The number of hydrogen-bond acceptors (Lipinski definition) is 3. The van der Waals surface area contributed by atoms with Gasteiger partial charge in [-0.25, -0.2) is 4.39 Å². The smallest absolute Gasteiger partial charge is 0.240 e. The van der Waals surface area contributed by atoms with Crippen molar-refractivity contribution in [1.82, 2.24) is 10.2 Å². The predicted octanol–water partition coefficient (Wildman–Crippen LogP) is 2.67. The Kier molecular flexibility index (Phi) is 6.10. The molecule has 24 heavy (non-hydrogen) atoms. The van der Waals surface area contributed by atoms with E-state index < -0.39 is 0 Å². The Hall–Kier alpha value is -1.33. The third-order valence-corrected chi connectivity index (χ3v) is 5.16. The van der Waals surface area contributed by atoms with Gasteiger partial charge in [0.25, 0.3) is 0 Å². The van der Waals surface area contributed by atoms with E-state index >= 15 is 0 Å². The summed E-state index contributed by atoms with van der Waals surface area (Å²) in [6.07, 6.45) is 2.20. The van der Waals surface area contributed by atoms with Crippen LogP contribution in [0, 0.1) is 11.2 Å². The summed E-state index contributed by atoms with van der Waals surface area (Å²) >= 11 is 0. The summed E-state index contributed by atoms with van der Waals surface area (Å²) in [6, 6.07) is 6.75. The maximum Gasteiger partial charge on any atom is 0.240 e. The van der Waals surface area contributed by atoms with Gasteiger partial charge in [0.05, 0.1) is 11.7 Å². The number of benzene rings is 1. The molecule has 2 heterocycles. The largest absolute Gasteiger partial charge is 0.366 e. The fourth-order valence-electron chi connectivity index (χ4n) is 3.69. The summed E-state index contributed by atoms with van der Waals surface area (Å²) in [7, 11) is 0. The van der Waals surface area contributed by atoms with Gasteiger partial charge in [0.2, 0.25) is 5.91 Å². The van der Waals surface area contributed by atoms with E-state index in [2.05, 4.69) is 19.2 Å². The highest BCUT2D eigenvalue weighted by atomic mass is 35.5. The lowest BCUT2D eigenvalue weighted by Gasteiger charge is -2.43. The van der Waals surface area contributed by atoms with Gasteiger partial charge < -0.3 is 15.1 Å². The number of piperazine rings is 1. The first-order valence-electron chi connectivity index (χ1n) is 8.51. The highest BCUT2D eigenvalue weighted by molar-refractivity contribution is 5.85. The number of hydrogen-bond donors (Lipinski definition) is 1. The zero-order chi connectivity index (χ0) is 16.4. The number of carbonyl (C=O) groups is 1. The third-order valence-electron chi connectivity index (χ3n) is 5.16. The molecule has 2 fully saturated rings. The topological polar surface area (TPSA) is 35.6 Å². The van der Waals surface area contributed by atoms with E-state index in [1.54, 1.807) is 12.1 Å². The summed E-state index contributed by atoms with van der Waals surface area (Å²) in [5.74, 6) is 0.00485. The summed E-state index contributed by atoms with van der Waals surface area (Å²) in [6.45, 7) is 7.91. The van der Waals surface area contributed by atoms with Crippen molar-refractivity contribution in [3.05, 3.63) is 30.1 Å². The second-order valence-electron chi connectivity index (χ2n) is 7.24. The summed E-state index contributed by atoms with van der Waals surface area (Å²) in [5, 5.41) is 3.39. The second-order valence-corrected chi connectivity index (χ2v) is 7.24. The molecule has 2 aliphatic heterocycles. The Morgan fingerprint density at radius 3 is 2.50 bits per heavy atom. The minimum absolute atomic E-state index is 0. The fraction of sp³-hybridized carbons (Fsp3) is 0.611. The SMILES string of the molecule is CC1(C)CCCNC1C(=O)N1CCN(c2ccccc2F)CC1.Cl. The molecule has 0 radical (unpaired) electrons. The van der Waals surface area contributed by atoms with Crippen LogP contribution in [0.1, 0.15) is 26.7 Å². The average Bonchev–Trinajstić information content (AvgIpc) is 2.54. The average molecular weight is 356 g/mol. The molecule has 1 N–H and O–H groups in total. The van der Waals surface area contributed by atoms with E-state index in [0.29, 0.717) is 31.9 Å². The summed E-state index contributed by atoms with van der Waals surface area (Å²) in [5.41, 5.74) is 0.633. The zero-order valence-corrected chi connectivity index (χ0v) is 15.2. The Bertz CT molecular complexity index is 573. The van der Waals surface area contributed by atoms with E-state index in [4.69, 9.17) is 0 Å². The molecule has 1 amide bonds. The van der Waals surface area contributed by atoms with Gasteiger partial charge in [-0.2, -0.15) is 0 Å². The molecule has 3 rings (SSSR count). The molecule has 0 aliphatic carbocycles. The lowest BCUT2D eigenvalue weighted by molar-refractivity contribution is -0.137. The molecule has 0 saturated carbocycles. The minimum atomic E-state index is -0.192. The molecular formula is C18H27ClFN3O. The maximum absolute atomic E-state index is 13.9. The highest BCUT2D eigenvalue weighted by Crippen LogP contribution is 2.31. The van der Waals surface area contributed by atoms with Crippen molar-refractivity contribution in [1.29, 1.82) is 0 Å². The highest BCUT2D eigenvalue weighted by Gasteiger charge is 2.39. The first kappa shape index (κ1) is 19.0. The van der Waals surface area contributed by atoms with Gasteiger partial charge in [-0.15, -0.1) is 12.4 Å². The quantitative estimate of drug-likeness (QED) is 0.886. The Balaban J connectivity index is 0.00000208. The van der Waals surface area contributed by atoms with E-state index in [9.17, 15) is 9.18 Å². The van der Waals surface area contributed by atoms with E-state index in [1.165, 1.54) is 6.07 Å². The molecule has 0 aromatic heterocycles. The molecule has 2 saturated heterocycles. The van der Waals surface area contributed by atoms with Crippen LogP contribution in [0.2, 0.25) is 0 Å². The molecule has 1 aromatic rings. The Morgan fingerprint density at radius 1 is 1.21 bits per heavy atom. The van der Waals surface area contributed by atoms with Crippen LogP contribution >= 0.6 is 12.4 Å². The number of rotatable bonds is 2. The molecule has 6 heteroatoms. The van der Waals surface area contributed by atoms with Crippen LogP contribution in [0.4, 0.5) is 10.1 Å². The van der Waals surface area contributed by atoms with Crippen molar-refractivity contribution < 1.29 is 9.18 Å². The molecule has 1 atom stereocenters. The van der Waals surface area contributed by atoms with Crippen molar-refractivity contribution in [3.8, 4) is 0 Å². The third kappa shape index (κ3) is 3.83. The van der Waals surface area contributed by atoms with E-state index in [0.717, 1.165) is 19.4 Å². The van der Waals surface area contributed by atoms with E-state index in [1.807, 2.05) is 15.9 Å². The molecule has 1 unspecified atom stereocenters.